The molecule has 864 valence electrons. The third-order valence-corrected chi connectivity index (χ3v) is 24.0. The first-order chi connectivity index (χ1) is 69.2. The number of nitrogens with one attached hydrogen (secondary N) is 4. The number of benzene rings is 1. The lowest BCUT2D eigenvalue weighted by Gasteiger charge is -2.33. The Morgan fingerprint density at radius 3 is 0.966 bits per heavy atom. The van der Waals surface area contributed by atoms with Gasteiger partial charge in [-0.25, -0.2) is 19.2 Å². The molecule has 149 heavy (non-hydrogen) atoms. The molecule has 5 amide bonds. The van der Waals surface area contributed by atoms with Crippen LogP contribution in [0.2, 0.25) is 0 Å². The van der Waals surface area contributed by atoms with E-state index in [2.05, 4.69) is 49.7 Å². The van der Waals surface area contributed by atoms with Gasteiger partial charge in [0, 0.05) is 98.2 Å². The van der Waals surface area contributed by atoms with Gasteiger partial charge in [0.1, 0.15) is 40.3 Å². The number of hydrogen-bond acceptors (Lipinski definition) is 27. The molecule has 2 aliphatic rings. The van der Waals surface area contributed by atoms with Crippen molar-refractivity contribution >= 4 is 106 Å². The highest BCUT2D eigenvalue weighted by Gasteiger charge is 2.43. The van der Waals surface area contributed by atoms with E-state index < -0.39 is 128 Å². The zero-order valence-electron chi connectivity index (χ0n) is 107. The van der Waals surface area contributed by atoms with E-state index in [-0.39, 0.29) is 172 Å². The van der Waals surface area contributed by atoms with Crippen molar-refractivity contribution < 1.29 is 136 Å². The summed E-state index contributed by atoms with van der Waals surface area (Å²) in [5.74, 6) is -6.72. The second-order valence-electron chi connectivity index (χ2n) is 50.3. The van der Waals surface area contributed by atoms with Gasteiger partial charge in [-0.05, 0) is 93.1 Å². The van der Waals surface area contributed by atoms with Crippen LogP contribution in [0, 0.1) is 126 Å². The minimum absolute atomic E-state index is 0.0166. The normalized spacial score (nSPS) is 16.3. The van der Waals surface area contributed by atoms with Gasteiger partial charge in [-0.15, -0.1) is 0 Å². The SMILES string of the molecule is CC(C)C(NC(=O)N1CCOCC1)C(=O)C(C)(C)C.CC(C)[C@H](CC(=O)OC(C)(C)C)C(=O)C(C)(C)C.CC(C)[C@H](CC(=O)Oc1ccccc1)C(=O)C(C)(C)C.CC[C@H](C)C(CC(=O)OC)C(=O)C(C)(C)C.COC(=O)C[C@@H](C)C(=O)C(C)(C)C.COC(=O)NC(C(=O)C(C)(C)C)C(C)C.COC(=O)N[C@H](C(=O)C(C)(C)C)C(C)C.COC(=O)N[C@H](C(=O)C(C)(C)C)C1CCCCC1.[2H]C([2H])([2H])C([2H])(C)[C@]([2H])(CC(=O)OC)C(=O)C(C)(C)C. The fourth-order valence-corrected chi connectivity index (χ4v) is 14.5. The summed E-state index contributed by atoms with van der Waals surface area (Å²) >= 11 is 0. The van der Waals surface area contributed by atoms with E-state index in [0.29, 0.717) is 32.1 Å². The Bertz CT molecular complexity index is 4450. The third kappa shape index (κ3) is 64.9. The number of carbonyl (C=O) groups excluding carboxylic acids is 18. The molecule has 1 aromatic rings. The Kier molecular flexibility index (Phi) is 65.0. The first kappa shape index (κ1) is 140. The summed E-state index contributed by atoms with van der Waals surface area (Å²) in [5.41, 5.74) is -5.01. The molecule has 1 aliphatic carbocycles. The van der Waals surface area contributed by atoms with Gasteiger partial charge in [-0.3, -0.25) is 67.1 Å². The number of esters is 5. The number of carbonyl (C=O) groups is 18. The number of ether oxygens (including phenoxy) is 9. The number of urea groups is 1. The Labute approximate surface area is 906 Å². The van der Waals surface area contributed by atoms with Crippen molar-refractivity contribution in [3.63, 3.8) is 0 Å². The number of hydrogen-bond donors (Lipinski definition) is 4. The van der Waals surface area contributed by atoms with Gasteiger partial charge in [0.05, 0.1) is 112 Å². The second-order valence-corrected chi connectivity index (χ2v) is 50.3. The maximum atomic E-state index is 12.5. The number of Topliss-reactive ketones (excluding diaryl/α,β-unsaturated/α-hetero) is 9. The van der Waals surface area contributed by atoms with E-state index in [9.17, 15) is 86.3 Å². The first-order valence-electron chi connectivity index (χ1n) is 54.9. The summed E-state index contributed by atoms with van der Waals surface area (Å²) in [7, 11) is 7.67. The van der Waals surface area contributed by atoms with Crippen molar-refractivity contribution in [2.75, 3.05) is 69.0 Å². The van der Waals surface area contributed by atoms with E-state index in [1.165, 1.54) is 62.7 Å². The third-order valence-electron chi connectivity index (χ3n) is 24.0. The maximum absolute atomic E-state index is 12.5. The fraction of sp³-hybridized carbons (Fsp3) is 0.795. The zero-order chi connectivity index (χ0) is 123. The lowest BCUT2D eigenvalue weighted by atomic mass is 9.75. The number of methoxy groups -OCH3 is 6. The van der Waals surface area contributed by atoms with Crippen LogP contribution in [0.1, 0.15) is 389 Å². The highest BCUT2D eigenvalue weighted by atomic mass is 16.6. The summed E-state index contributed by atoms with van der Waals surface area (Å²) < 4.78 is 81.5. The van der Waals surface area contributed by atoms with Gasteiger partial charge in [-0.2, -0.15) is 0 Å². The largest absolute Gasteiger partial charge is 0.469 e. The molecule has 3 rings (SSSR count). The van der Waals surface area contributed by atoms with Crippen LogP contribution < -0.4 is 26.0 Å². The Morgan fingerprint density at radius 1 is 0.356 bits per heavy atom. The van der Waals surface area contributed by atoms with Crippen LogP contribution in [0.5, 0.6) is 5.75 Å². The summed E-state index contributed by atoms with van der Waals surface area (Å²) in [5, 5.41) is 10.7. The molecule has 32 nitrogen and oxygen atoms in total. The van der Waals surface area contributed by atoms with Gasteiger partial charge in [0.25, 0.3) is 0 Å². The summed E-state index contributed by atoms with van der Waals surface area (Å²) in [6, 6.07) is 6.95. The van der Waals surface area contributed by atoms with Crippen LogP contribution in [-0.4, -0.2) is 210 Å². The molecule has 1 saturated carbocycles. The standard InChI is InChI=1S/C17H24O3.C15H28O3.C14H26N2O3.C14H25NO3.C13H24O3.C12H22O3.2C11H21NO3.C10H18O3/c1-12(2)14(16(19)17(3,4)5)11-15(18)20-13-9-7-6-8-10-13;1-10(2)11(13(17)14(3,4)5)9-12(16)18-15(6,7)8;1-10(2)11(12(17)14(3,4)5)15-13(18)16-6-8-19-9-7-16;1-14(2,3)12(16)11(15-13(17)18-4)10-8-6-5-7-9-10;1-7-9(2)10(8-11(14)16-6)12(15)13(3,4)5;1-8(2)9(7-10(13)15-6)11(14)12(3,4)5;2*1-7(2)8(12-10(14)15-6)9(13)11(3,4)5;1-7(6-8(11)13-5)9(12)10(2,3)4/h6-10,12,14H,11H2,1-5H3;10-11H,9H2,1-8H3;10-11H,6-9H2,1-5H3,(H,15,18);10-11H,5-9H2,1-4H3,(H,15,17);9-10H,7-8H2,1-6H3;8-9H,7H2,1-6H3;2*7-8H,1-6H3,(H,12,14);7H,6H2,1-5H3/t14-;11-;;11-;9-,10?;9-;8-;;7-/m00.0000.1/s1/i;;;;;1D3,8D,9D;;;/t;;;;;8?,9-;;;. The van der Waals surface area contributed by atoms with Crippen LogP contribution in [0.15, 0.2) is 30.3 Å². The topological polar surface area (TPSA) is 442 Å². The van der Waals surface area contributed by atoms with Crippen molar-refractivity contribution in [1.29, 1.82) is 0 Å². The smallest absolute Gasteiger partial charge is 0.407 e. The minimum atomic E-state index is -2.89. The second kappa shape index (κ2) is 69.3. The molecule has 1 aliphatic heterocycles. The van der Waals surface area contributed by atoms with Crippen molar-refractivity contribution in [3.05, 3.63) is 30.3 Å². The Hall–Kier alpha value is -9.36. The van der Waals surface area contributed by atoms with Gasteiger partial charge in [0.15, 0.2) is 23.1 Å². The lowest BCUT2D eigenvalue weighted by molar-refractivity contribution is -0.158. The van der Waals surface area contributed by atoms with Gasteiger partial charge in [-0.1, -0.05) is 335 Å². The molecule has 1 saturated heterocycles. The van der Waals surface area contributed by atoms with Crippen LogP contribution in [0.4, 0.5) is 19.2 Å². The Balaban J connectivity index is -0.000000401. The molecule has 0 bridgehead atoms. The van der Waals surface area contributed by atoms with Crippen LogP contribution in [-0.2, 0) is 105 Å². The molecule has 0 spiro atoms. The van der Waals surface area contributed by atoms with E-state index in [1.54, 1.807) is 24.0 Å². The lowest BCUT2D eigenvalue weighted by Crippen LogP contribution is -2.54. The number of alkyl carbamates (subject to hydrolysis) is 3. The minimum Gasteiger partial charge on any atom is -0.469 e. The Morgan fingerprint density at radius 2 is 0.664 bits per heavy atom. The molecular weight excluding hydrogens is 1910 g/mol. The average molecular weight is 2120 g/mol. The van der Waals surface area contributed by atoms with Gasteiger partial charge >= 0.3 is 54.2 Å². The molecule has 11 atom stereocenters. The molecule has 32 heteroatoms. The monoisotopic (exact) mass is 2120 g/mol. The molecule has 0 aromatic heterocycles. The molecular formula is C117H209N5O27. The number of ketones is 9. The number of nitrogens with zero attached hydrogens (tertiary/aromatic N) is 1. The zero-order valence-corrected chi connectivity index (χ0v) is 102. The summed E-state index contributed by atoms with van der Waals surface area (Å²) in [6.45, 7) is 80.5. The van der Waals surface area contributed by atoms with Gasteiger partial charge in [0.2, 0.25) is 0 Å². The molecule has 1 aromatic carbocycles. The highest BCUT2D eigenvalue weighted by molar-refractivity contribution is 5.96. The van der Waals surface area contributed by atoms with Crippen molar-refractivity contribution in [1.82, 2.24) is 26.2 Å². The summed E-state index contributed by atoms with van der Waals surface area (Å²) in [6.07, 6.45) is 4.69. The van der Waals surface area contributed by atoms with Gasteiger partial charge < -0.3 is 68.8 Å². The molecule has 2 fully saturated rings. The maximum Gasteiger partial charge on any atom is 0.407 e. The predicted molar refractivity (Wildman–Crippen MR) is 588 cm³/mol. The van der Waals surface area contributed by atoms with Crippen LogP contribution in [0.3, 0.4) is 0 Å². The average Bonchev–Trinajstić information content (AvgIpc) is 0.737. The predicted octanol–water partition coefficient (Wildman–Crippen LogP) is 23.1. The molecule has 4 unspecified atom stereocenters. The van der Waals surface area contributed by atoms with E-state index in [1.807, 2.05) is 288 Å². The van der Waals surface area contributed by atoms with Crippen molar-refractivity contribution in [3.8, 4) is 5.75 Å². The number of rotatable bonds is 33. The first-order valence-corrected chi connectivity index (χ1v) is 52.4. The molecule has 4 N–H and O–H groups in total. The van der Waals surface area contributed by atoms with E-state index in [4.69, 9.17) is 21.1 Å². The fourth-order valence-electron chi connectivity index (χ4n) is 14.5. The van der Waals surface area contributed by atoms with Crippen LogP contribution >= 0.6 is 0 Å². The van der Waals surface area contributed by atoms with Crippen LogP contribution in [0.25, 0.3) is 0 Å². The number of morpholine rings is 1. The van der Waals surface area contributed by atoms with E-state index in [0.717, 1.165) is 46.1 Å². The summed E-state index contributed by atoms with van der Waals surface area (Å²) in [4.78, 5) is 215. The highest BCUT2D eigenvalue weighted by Crippen LogP contribution is 2.36. The van der Waals surface area contributed by atoms with Crippen molar-refractivity contribution in [2.24, 2.45) is 126 Å². The molecule has 0 radical (unpaired) electrons. The van der Waals surface area contributed by atoms with E-state index >= 15 is 0 Å². The van der Waals surface area contributed by atoms with Crippen molar-refractivity contribution in [2.45, 2.75) is 412 Å². The molecule has 1 heterocycles. The number of para-hydroxylation sites is 1. The quantitative estimate of drug-likeness (QED) is 0.0288. The number of amides is 5.